The number of carbonyl (C=O) groups is 1. The van der Waals surface area contributed by atoms with Crippen LogP contribution in [-0.2, 0) is 4.79 Å². The molecule has 2 fully saturated rings. The average molecular weight is 224 g/mol. The molecule has 0 spiro atoms. The van der Waals surface area contributed by atoms with E-state index in [1.54, 1.807) is 0 Å². The molecule has 1 amide bonds. The first-order valence-corrected chi connectivity index (χ1v) is 6.75. The van der Waals surface area contributed by atoms with E-state index < -0.39 is 0 Å². The number of hydrogen-bond acceptors (Lipinski definition) is 2. The molecular weight excluding hydrogens is 200 g/mol. The fourth-order valence-electron chi connectivity index (χ4n) is 2.87. The molecule has 2 rings (SSSR count). The van der Waals surface area contributed by atoms with Gasteiger partial charge in [0.15, 0.2) is 0 Å². The second kappa shape index (κ2) is 5.17. The van der Waals surface area contributed by atoms with Gasteiger partial charge in [0.2, 0.25) is 5.91 Å². The molecular formula is C13H24N2O. The lowest BCUT2D eigenvalue weighted by Crippen LogP contribution is -2.40. The molecule has 0 aliphatic heterocycles. The van der Waals surface area contributed by atoms with Crippen LogP contribution in [0.4, 0.5) is 0 Å². The summed E-state index contributed by atoms with van der Waals surface area (Å²) in [4.78, 5) is 14.4. The van der Waals surface area contributed by atoms with E-state index >= 15 is 0 Å². The van der Waals surface area contributed by atoms with Gasteiger partial charge in [-0.15, -0.1) is 0 Å². The lowest BCUT2D eigenvalue weighted by Gasteiger charge is -2.27. The minimum Gasteiger partial charge on any atom is -0.342 e. The van der Waals surface area contributed by atoms with E-state index in [0.717, 1.165) is 31.8 Å². The summed E-state index contributed by atoms with van der Waals surface area (Å²) in [6.07, 6.45) is 6.01. The molecule has 16 heavy (non-hydrogen) atoms. The van der Waals surface area contributed by atoms with Crippen LogP contribution in [0.3, 0.4) is 0 Å². The Hall–Kier alpha value is -0.570. The third-order valence-electron chi connectivity index (χ3n) is 4.15. The third-order valence-corrected chi connectivity index (χ3v) is 4.15. The van der Waals surface area contributed by atoms with Crippen molar-refractivity contribution in [3.05, 3.63) is 0 Å². The van der Waals surface area contributed by atoms with E-state index in [9.17, 15) is 4.79 Å². The van der Waals surface area contributed by atoms with Crippen molar-refractivity contribution in [1.82, 2.24) is 4.90 Å². The molecule has 3 nitrogen and oxygen atoms in total. The first-order chi connectivity index (χ1) is 7.76. The summed E-state index contributed by atoms with van der Waals surface area (Å²) in [5.74, 6) is 1.84. The first kappa shape index (κ1) is 11.9. The van der Waals surface area contributed by atoms with E-state index in [2.05, 4.69) is 11.8 Å². The summed E-state index contributed by atoms with van der Waals surface area (Å²) < 4.78 is 0. The van der Waals surface area contributed by atoms with Crippen molar-refractivity contribution in [3.63, 3.8) is 0 Å². The van der Waals surface area contributed by atoms with Crippen LogP contribution < -0.4 is 5.73 Å². The van der Waals surface area contributed by atoms with E-state index in [1.165, 1.54) is 19.3 Å². The van der Waals surface area contributed by atoms with Crippen LogP contribution in [0.5, 0.6) is 0 Å². The Morgan fingerprint density at radius 2 is 2.06 bits per heavy atom. The van der Waals surface area contributed by atoms with Gasteiger partial charge >= 0.3 is 0 Å². The van der Waals surface area contributed by atoms with Crippen molar-refractivity contribution in [3.8, 4) is 0 Å². The Morgan fingerprint density at radius 1 is 1.31 bits per heavy atom. The topological polar surface area (TPSA) is 46.3 Å². The average Bonchev–Trinajstić information content (AvgIpc) is 2.99. The normalized spacial score (nSPS) is 29.4. The predicted octanol–water partition coefficient (Wildman–Crippen LogP) is 1.62. The number of hydrogen-bond donors (Lipinski definition) is 1. The van der Waals surface area contributed by atoms with Crippen molar-refractivity contribution in [2.75, 3.05) is 19.6 Å². The van der Waals surface area contributed by atoms with Crippen LogP contribution in [0.1, 0.15) is 39.0 Å². The zero-order valence-corrected chi connectivity index (χ0v) is 10.3. The van der Waals surface area contributed by atoms with Gasteiger partial charge in [-0.1, -0.05) is 6.42 Å². The van der Waals surface area contributed by atoms with Gasteiger partial charge in [-0.2, -0.15) is 0 Å². The monoisotopic (exact) mass is 224 g/mol. The highest BCUT2D eigenvalue weighted by Crippen LogP contribution is 2.34. The van der Waals surface area contributed by atoms with E-state index in [4.69, 9.17) is 5.73 Å². The van der Waals surface area contributed by atoms with Crippen LogP contribution in [0.2, 0.25) is 0 Å². The Morgan fingerprint density at radius 3 is 2.62 bits per heavy atom. The van der Waals surface area contributed by atoms with Gasteiger partial charge in [0.25, 0.3) is 0 Å². The minimum absolute atomic E-state index is 0.226. The largest absolute Gasteiger partial charge is 0.342 e. The van der Waals surface area contributed by atoms with Gasteiger partial charge in [0.05, 0.1) is 0 Å². The molecule has 3 heteroatoms. The maximum Gasteiger partial charge on any atom is 0.226 e. The number of rotatable bonds is 5. The summed E-state index contributed by atoms with van der Waals surface area (Å²) in [6, 6.07) is 0. The molecule has 0 unspecified atom stereocenters. The molecule has 2 N–H and O–H groups in total. The lowest BCUT2D eigenvalue weighted by molar-refractivity contribution is -0.136. The van der Waals surface area contributed by atoms with E-state index in [-0.39, 0.29) is 5.92 Å². The molecule has 0 aromatic rings. The smallest absolute Gasteiger partial charge is 0.226 e. The molecule has 2 aliphatic rings. The second-order valence-corrected chi connectivity index (χ2v) is 5.35. The van der Waals surface area contributed by atoms with E-state index in [1.807, 2.05) is 0 Å². The van der Waals surface area contributed by atoms with Crippen LogP contribution in [0.15, 0.2) is 0 Å². The highest BCUT2D eigenvalue weighted by atomic mass is 16.2. The first-order valence-electron chi connectivity index (χ1n) is 6.75. The molecule has 2 atom stereocenters. The SMILES string of the molecule is CCN(CC1CC1)C(=O)[C@@H]1CCC[C@@H]1CN. The van der Waals surface area contributed by atoms with Crippen LogP contribution >= 0.6 is 0 Å². The van der Waals surface area contributed by atoms with Crippen molar-refractivity contribution in [1.29, 1.82) is 0 Å². The maximum atomic E-state index is 12.4. The van der Waals surface area contributed by atoms with Gasteiger partial charge in [0.1, 0.15) is 0 Å². The quantitative estimate of drug-likeness (QED) is 0.771. The van der Waals surface area contributed by atoms with Gasteiger partial charge in [-0.3, -0.25) is 4.79 Å². The fourth-order valence-corrected chi connectivity index (χ4v) is 2.87. The highest BCUT2D eigenvalue weighted by molar-refractivity contribution is 5.79. The zero-order chi connectivity index (χ0) is 11.5. The highest BCUT2D eigenvalue weighted by Gasteiger charge is 2.35. The third kappa shape index (κ3) is 2.57. The maximum absolute atomic E-state index is 12.4. The summed E-state index contributed by atoms with van der Waals surface area (Å²) in [6.45, 7) is 4.62. The van der Waals surface area contributed by atoms with Gasteiger partial charge in [0, 0.05) is 19.0 Å². The van der Waals surface area contributed by atoms with Crippen molar-refractivity contribution >= 4 is 5.91 Å². The van der Waals surface area contributed by atoms with Gasteiger partial charge < -0.3 is 10.6 Å². The molecule has 0 saturated heterocycles. The lowest BCUT2D eigenvalue weighted by atomic mass is 9.94. The second-order valence-electron chi connectivity index (χ2n) is 5.35. The molecule has 0 bridgehead atoms. The number of nitrogens with zero attached hydrogens (tertiary/aromatic N) is 1. The molecule has 0 aromatic carbocycles. The van der Waals surface area contributed by atoms with Crippen molar-refractivity contribution < 1.29 is 4.79 Å². The summed E-state index contributed by atoms with van der Waals surface area (Å²) in [5.41, 5.74) is 5.75. The number of carbonyl (C=O) groups excluding carboxylic acids is 1. The van der Waals surface area contributed by atoms with E-state index in [0.29, 0.717) is 18.4 Å². The van der Waals surface area contributed by atoms with Crippen molar-refractivity contribution in [2.45, 2.75) is 39.0 Å². The Labute approximate surface area is 98.4 Å². The van der Waals surface area contributed by atoms with Crippen LogP contribution in [-0.4, -0.2) is 30.4 Å². The molecule has 92 valence electrons. The standard InChI is InChI=1S/C13H24N2O/c1-2-15(9-10-6-7-10)13(16)12-5-3-4-11(12)8-14/h10-12H,2-9,14H2,1H3/t11-,12-/m1/s1. The van der Waals surface area contributed by atoms with Crippen LogP contribution in [0.25, 0.3) is 0 Å². The molecule has 2 saturated carbocycles. The van der Waals surface area contributed by atoms with Gasteiger partial charge in [-0.25, -0.2) is 0 Å². The molecule has 0 heterocycles. The number of amides is 1. The van der Waals surface area contributed by atoms with Crippen LogP contribution in [0, 0.1) is 17.8 Å². The number of nitrogens with two attached hydrogens (primary N) is 1. The van der Waals surface area contributed by atoms with Gasteiger partial charge in [-0.05, 0) is 51.0 Å². The molecule has 0 aromatic heterocycles. The Balaban J connectivity index is 1.92. The fraction of sp³-hybridized carbons (Fsp3) is 0.923. The molecule has 2 aliphatic carbocycles. The summed E-state index contributed by atoms with van der Waals surface area (Å²) in [5, 5.41) is 0. The molecule has 0 radical (unpaired) electrons. The summed E-state index contributed by atoms with van der Waals surface area (Å²) in [7, 11) is 0. The minimum atomic E-state index is 0.226. The van der Waals surface area contributed by atoms with Crippen molar-refractivity contribution in [2.24, 2.45) is 23.5 Å². The Bertz CT molecular complexity index is 250. The predicted molar refractivity (Wildman–Crippen MR) is 64.9 cm³/mol. The zero-order valence-electron chi connectivity index (χ0n) is 10.3. The summed E-state index contributed by atoms with van der Waals surface area (Å²) >= 11 is 0. The Kier molecular flexibility index (Phi) is 3.85.